The number of halogens is 1. The summed E-state index contributed by atoms with van der Waals surface area (Å²) < 4.78 is 21.3. The molecule has 1 saturated heterocycles. The van der Waals surface area contributed by atoms with Crippen LogP contribution >= 0.6 is 11.9 Å². The third-order valence-corrected chi connectivity index (χ3v) is 7.51. The van der Waals surface area contributed by atoms with Crippen molar-refractivity contribution in [1.82, 2.24) is 4.31 Å². The van der Waals surface area contributed by atoms with E-state index in [1.165, 1.54) is 24.9 Å². The van der Waals surface area contributed by atoms with Gasteiger partial charge in [0, 0.05) is 19.1 Å². The molecule has 4 aliphatic rings. The van der Waals surface area contributed by atoms with Gasteiger partial charge in [0.05, 0.1) is 22.9 Å². The Bertz CT molecular complexity index is 858. The van der Waals surface area contributed by atoms with Gasteiger partial charge in [-0.25, -0.2) is 9.10 Å². The van der Waals surface area contributed by atoms with Crippen molar-refractivity contribution in [3.8, 4) is 5.75 Å². The first-order valence-electron chi connectivity index (χ1n) is 10.4. The van der Waals surface area contributed by atoms with E-state index >= 15 is 0 Å². The Kier molecular flexibility index (Phi) is 4.86. The van der Waals surface area contributed by atoms with E-state index in [4.69, 9.17) is 9.84 Å². The van der Waals surface area contributed by atoms with Gasteiger partial charge in [0.25, 0.3) is 0 Å². The topological polar surface area (TPSA) is 56.2 Å². The summed E-state index contributed by atoms with van der Waals surface area (Å²) in [6.07, 6.45) is 6.77. The molecular formula is C21H26FN3O3S. The van der Waals surface area contributed by atoms with E-state index in [1.54, 1.807) is 11.9 Å². The second-order valence-electron chi connectivity index (χ2n) is 8.52. The molecule has 0 spiro atoms. The standard InChI is InChI=1S/C21H26FN3O3S/c1-23-12-25(16-8-13-7-14(13)16)18-9-17(24-5-3-2-4-6-24)19(10-20(18)29-23)28-11-15(22)21(26)27/h9-11,13-14,16H,2-8,12H2,1H3,(H,26,27)/b15-11-. The van der Waals surface area contributed by atoms with Gasteiger partial charge in [0.2, 0.25) is 5.83 Å². The van der Waals surface area contributed by atoms with Crippen LogP contribution in [-0.2, 0) is 4.79 Å². The van der Waals surface area contributed by atoms with Crippen LogP contribution in [0, 0.1) is 11.8 Å². The molecule has 1 aromatic carbocycles. The monoisotopic (exact) mass is 419 g/mol. The number of hydrogen-bond acceptors (Lipinski definition) is 6. The molecule has 0 aromatic heterocycles. The molecule has 2 saturated carbocycles. The fraction of sp³-hybridized carbons (Fsp3) is 0.571. The predicted octanol–water partition coefficient (Wildman–Crippen LogP) is 4.08. The summed E-state index contributed by atoms with van der Waals surface area (Å²) in [5, 5.41) is 8.81. The highest BCUT2D eigenvalue weighted by atomic mass is 32.2. The first-order valence-corrected chi connectivity index (χ1v) is 11.1. The Morgan fingerprint density at radius 1 is 1.24 bits per heavy atom. The summed E-state index contributed by atoms with van der Waals surface area (Å²) in [5.74, 6) is -0.639. The molecule has 156 valence electrons. The number of carbonyl (C=O) groups is 1. The number of aliphatic carboxylic acids is 1. The lowest BCUT2D eigenvalue weighted by atomic mass is 9.91. The summed E-state index contributed by atoms with van der Waals surface area (Å²) in [6, 6.07) is 4.73. The molecule has 2 aliphatic carbocycles. The molecule has 3 fully saturated rings. The van der Waals surface area contributed by atoms with Gasteiger partial charge >= 0.3 is 5.97 Å². The number of piperidine rings is 1. The molecule has 3 unspecified atom stereocenters. The lowest BCUT2D eigenvalue weighted by Crippen LogP contribution is -2.48. The highest BCUT2D eigenvalue weighted by Crippen LogP contribution is 2.59. The first kappa shape index (κ1) is 19.1. The maximum Gasteiger partial charge on any atom is 0.368 e. The van der Waals surface area contributed by atoms with E-state index in [2.05, 4.69) is 27.2 Å². The van der Waals surface area contributed by atoms with E-state index in [1.807, 2.05) is 6.07 Å². The highest BCUT2D eigenvalue weighted by molar-refractivity contribution is 7.97. The molecule has 0 bridgehead atoms. The minimum atomic E-state index is -1.62. The van der Waals surface area contributed by atoms with Crippen LogP contribution < -0.4 is 14.5 Å². The van der Waals surface area contributed by atoms with E-state index in [9.17, 15) is 9.18 Å². The quantitative estimate of drug-likeness (QED) is 0.438. The summed E-state index contributed by atoms with van der Waals surface area (Å²) >= 11 is 1.65. The van der Waals surface area contributed by atoms with Crippen LogP contribution in [0.4, 0.5) is 15.8 Å². The van der Waals surface area contributed by atoms with E-state index in [0.717, 1.165) is 55.0 Å². The average Bonchev–Trinajstić information content (AvgIpc) is 3.35. The van der Waals surface area contributed by atoms with Crippen molar-refractivity contribution in [3.63, 3.8) is 0 Å². The zero-order valence-corrected chi connectivity index (χ0v) is 17.3. The van der Waals surface area contributed by atoms with Crippen molar-refractivity contribution < 1.29 is 19.0 Å². The average molecular weight is 420 g/mol. The fourth-order valence-electron chi connectivity index (χ4n) is 4.91. The maximum absolute atomic E-state index is 13.6. The second kappa shape index (κ2) is 7.40. The van der Waals surface area contributed by atoms with Gasteiger partial charge in [0.1, 0.15) is 6.26 Å². The number of nitrogens with zero attached hydrogens (tertiary/aromatic N) is 3. The van der Waals surface area contributed by atoms with Crippen molar-refractivity contribution >= 4 is 29.3 Å². The molecule has 2 heterocycles. The minimum absolute atomic E-state index is 0.516. The van der Waals surface area contributed by atoms with Crippen molar-refractivity contribution in [3.05, 3.63) is 24.2 Å². The van der Waals surface area contributed by atoms with Crippen LogP contribution in [0.15, 0.2) is 29.1 Å². The van der Waals surface area contributed by atoms with Gasteiger partial charge in [0.15, 0.2) is 5.75 Å². The number of rotatable bonds is 5. The summed E-state index contributed by atoms with van der Waals surface area (Å²) in [6.45, 7) is 2.75. The first-order chi connectivity index (χ1) is 14.0. The van der Waals surface area contributed by atoms with Crippen molar-refractivity contribution in [2.75, 3.05) is 36.6 Å². The van der Waals surface area contributed by atoms with E-state index in [-0.39, 0.29) is 0 Å². The van der Waals surface area contributed by atoms with Crippen molar-refractivity contribution in [2.24, 2.45) is 11.8 Å². The molecule has 0 radical (unpaired) electrons. The molecule has 1 N–H and O–H groups in total. The van der Waals surface area contributed by atoms with Gasteiger partial charge in [-0.3, -0.25) is 0 Å². The fourth-order valence-corrected chi connectivity index (χ4v) is 5.86. The summed E-state index contributed by atoms with van der Waals surface area (Å²) in [5.41, 5.74) is 2.15. The van der Waals surface area contributed by atoms with Crippen LogP contribution in [0.2, 0.25) is 0 Å². The third kappa shape index (κ3) is 3.57. The molecule has 2 aliphatic heterocycles. The number of carboxylic acid groups (broad SMARTS) is 1. The summed E-state index contributed by atoms with van der Waals surface area (Å²) in [4.78, 5) is 16.7. The second-order valence-corrected chi connectivity index (χ2v) is 9.76. The van der Waals surface area contributed by atoms with Gasteiger partial charge in [-0.2, -0.15) is 4.39 Å². The Balaban J connectivity index is 1.52. The molecule has 0 amide bonds. The minimum Gasteiger partial charge on any atom is -0.476 e. The number of carboxylic acids is 1. The van der Waals surface area contributed by atoms with Crippen LogP contribution in [0.25, 0.3) is 0 Å². The van der Waals surface area contributed by atoms with Crippen LogP contribution in [-0.4, -0.2) is 48.2 Å². The smallest absolute Gasteiger partial charge is 0.368 e. The summed E-state index contributed by atoms with van der Waals surface area (Å²) in [7, 11) is 2.08. The van der Waals surface area contributed by atoms with Crippen LogP contribution in [0.5, 0.6) is 5.75 Å². The molecule has 8 heteroatoms. The van der Waals surface area contributed by atoms with Crippen LogP contribution in [0.1, 0.15) is 32.1 Å². The maximum atomic E-state index is 13.6. The van der Waals surface area contributed by atoms with Gasteiger partial charge in [-0.1, -0.05) is 0 Å². The zero-order valence-electron chi connectivity index (χ0n) is 16.5. The number of anilines is 2. The predicted molar refractivity (Wildman–Crippen MR) is 111 cm³/mol. The Labute approximate surface area is 174 Å². The number of ether oxygens (including phenoxy) is 1. The molecular weight excluding hydrogens is 393 g/mol. The third-order valence-electron chi connectivity index (χ3n) is 6.56. The Morgan fingerprint density at radius 2 is 2.03 bits per heavy atom. The number of fused-ring (bicyclic) bond motifs is 2. The van der Waals surface area contributed by atoms with Crippen molar-refractivity contribution in [1.29, 1.82) is 0 Å². The van der Waals surface area contributed by atoms with Crippen molar-refractivity contribution in [2.45, 2.75) is 43.0 Å². The molecule has 6 nitrogen and oxygen atoms in total. The zero-order chi connectivity index (χ0) is 20.1. The van der Waals surface area contributed by atoms with Gasteiger partial charge in [-0.15, -0.1) is 0 Å². The Hall–Kier alpha value is -1.93. The van der Waals surface area contributed by atoms with Gasteiger partial charge in [-0.05, 0) is 75.1 Å². The number of benzene rings is 1. The Morgan fingerprint density at radius 3 is 2.69 bits per heavy atom. The van der Waals surface area contributed by atoms with E-state index in [0.29, 0.717) is 18.1 Å². The molecule has 1 aromatic rings. The molecule has 3 atom stereocenters. The van der Waals surface area contributed by atoms with E-state index < -0.39 is 11.8 Å². The molecule has 29 heavy (non-hydrogen) atoms. The largest absolute Gasteiger partial charge is 0.476 e. The van der Waals surface area contributed by atoms with Crippen LogP contribution in [0.3, 0.4) is 0 Å². The van der Waals surface area contributed by atoms with Gasteiger partial charge < -0.3 is 19.6 Å². The number of hydrogen-bond donors (Lipinski definition) is 1. The normalized spacial score (nSPS) is 29.0. The molecule has 5 rings (SSSR count). The lowest BCUT2D eigenvalue weighted by Gasteiger charge is -2.45. The highest BCUT2D eigenvalue weighted by Gasteiger charge is 2.56. The SMILES string of the molecule is CN1CN(C2CC3CC32)c2cc(N3CCCCC3)c(O/C=C(\F)C(=O)O)cc2S1. The lowest BCUT2D eigenvalue weighted by molar-refractivity contribution is -0.134.